The minimum atomic E-state index is 0.268. The Morgan fingerprint density at radius 2 is 1.82 bits per heavy atom. The van der Waals surface area contributed by atoms with Crippen LogP contribution in [-0.4, -0.2) is 5.78 Å². The average Bonchev–Trinajstić information content (AvgIpc) is 2.29. The van der Waals surface area contributed by atoms with Crippen molar-refractivity contribution < 1.29 is 4.79 Å². The first-order chi connectivity index (χ1) is 8.15. The number of hydrogen-bond acceptors (Lipinski definition) is 1. The van der Waals surface area contributed by atoms with E-state index >= 15 is 0 Å². The molecule has 0 unspecified atom stereocenters. The molecule has 0 saturated carbocycles. The van der Waals surface area contributed by atoms with Crippen LogP contribution in [0.25, 0.3) is 0 Å². The molecule has 1 heteroatoms. The van der Waals surface area contributed by atoms with Crippen molar-refractivity contribution in [1.82, 2.24) is 0 Å². The van der Waals surface area contributed by atoms with Gasteiger partial charge >= 0.3 is 0 Å². The molecule has 1 aliphatic carbocycles. The molecule has 0 spiro atoms. The van der Waals surface area contributed by atoms with E-state index in [0.717, 1.165) is 18.4 Å². The van der Waals surface area contributed by atoms with E-state index in [1.54, 1.807) is 0 Å². The van der Waals surface area contributed by atoms with Gasteiger partial charge in [-0.05, 0) is 51.7 Å². The third kappa shape index (κ3) is 3.29. The fourth-order valence-corrected chi connectivity index (χ4v) is 2.51. The summed E-state index contributed by atoms with van der Waals surface area (Å²) < 4.78 is 0. The Morgan fingerprint density at radius 3 is 2.41 bits per heavy atom. The predicted molar refractivity (Wildman–Crippen MR) is 71.4 cm³/mol. The van der Waals surface area contributed by atoms with E-state index in [1.807, 2.05) is 26.0 Å². The van der Waals surface area contributed by atoms with Crippen LogP contribution in [0.3, 0.4) is 0 Å². The first kappa shape index (κ1) is 12.1. The van der Waals surface area contributed by atoms with Crippen molar-refractivity contribution in [1.29, 1.82) is 0 Å². The SMILES string of the molecule is Cc1cc(C)cc(C(=O)CC2=CCCCC2)c1. The summed E-state index contributed by atoms with van der Waals surface area (Å²) >= 11 is 0. The molecule has 1 aliphatic rings. The van der Waals surface area contributed by atoms with Gasteiger partial charge in [-0.1, -0.05) is 28.8 Å². The van der Waals surface area contributed by atoms with Gasteiger partial charge in [-0.25, -0.2) is 0 Å². The van der Waals surface area contributed by atoms with Gasteiger partial charge in [-0.3, -0.25) is 4.79 Å². The third-order valence-corrected chi connectivity index (χ3v) is 3.32. The molecule has 0 bridgehead atoms. The molecular formula is C16H20O. The number of hydrogen-bond donors (Lipinski definition) is 0. The van der Waals surface area contributed by atoms with Crippen LogP contribution in [0.5, 0.6) is 0 Å². The summed E-state index contributed by atoms with van der Waals surface area (Å²) in [6.07, 6.45) is 7.64. The molecule has 0 fully saturated rings. The van der Waals surface area contributed by atoms with Crippen LogP contribution < -0.4 is 0 Å². The van der Waals surface area contributed by atoms with Crippen LogP contribution in [0.15, 0.2) is 29.8 Å². The lowest BCUT2D eigenvalue weighted by molar-refractivity contribution is 0.0991. The first-order valence-electron chi connectivity index (χ1n) is 6.44. The number of aryl methyl sites for hydroxylation is 2. The summed E-state index contributed by atoms with van der Waals surface area (Å²) in [6.45, 7) is 4.09. The lowest BCUT2D eigenvalue weighted by Crippen LogP contribution is -2.04. The summed E-state index contributed by atoms with van der Waals surface area (Å²) in [4.78, 5) is 12.2. The highest BCUT2D eigenvalue weighted by Crippen LogP contribution is 2.22. The van der Waals surface area contributed by atoms with Gasteiger partial charge in [0.1, 0.15) is 0 Å². The summed E-state index contributed by atoms with van der Waals surface area (Å²) in [5, 5.41) is 0. The number of Topliss-reactive ketones (excluding diaryl/α,β-unsaturated/α-hetero) is 1. The Balaban J connectivity index is 2.11. The maximum absolute atomic E-state index is 12.2. The fraction of sp³-hybridized carbons (Fsp3) is 0.438. The molecule has 2 rings (SSSR count). The molecule has 0 heterocycles. The van der Waals surface area contributed by atoms with Gasteiger partial charge in [-0.15, -0.1) is 0 Å². The van der Waals surface area contributed by atoms with Gasteiger partial charge in [0.05, 0.1) is 0 Å². The van der Waals surface area contributed by atoms with E-state index in [4.69, 9.17) is 0 Å². The number of rotatable bonds is 3. The van der Waals surface area contributed by atoms with E-state index in [2.05, 4.69) is 12.1 Å². The zero-order valence-electron chi connectivity index (χ0n) is 10.8. The number of ketones is 1. The van der Waals surface area contributed by atoms with Crippen molar-refractivity contribution in [3.8, 4) is 0 Å². The average molecular weight is 228 g/mol. The third-order valence-electron chi connectivity index (χ3n) is 3.32. The minimum absolute atomic E-state index is 0.268. The van der Waals surface area contributed by atoms with Crippen LogP contribution in [-0.2, 0) is 0 Å². The normalized spacial score (nSPS) is 15.5. The van der Waals surface area contributed by atoms with Gasteiger partial charge in [0.2, 0.25) is 0 Å². The molecule has 17 heavy (non-hydrogen) atoms. The van der Waals surface area contributed by atoms with Gasteiger partial charge in [0.15, 0.2) is 5.78 Å². The molecule has 0 aliphatic heterocycles. The molecule has 0 aromatic heterocycles. The highest BCUT2D eigenvalue weighted by Gasteiger charge is 2.11. The quantitative estimate of drug-likeness (QED) is 0.554. The monoisotopic (exact) mass is 228 g/mol. The first-order valence-corrected chi connectivity index (χ1v) is 6.44. The lowest BCUT2D eigenvalue weighted by atomic mass is 9.93. The van der Waals surface area contributed by atoms with Crippen LogP contribution in [0.2, 0.25) is 0 Å². The molecule has 1 aromatic carbocycles. The van der Waals surface area contributed by atoms with Crippen molar-refractivity contribution in [3.63, 3.8) is 0 Å². The number of carbonyl (C=O) groups excluding carboxylic acids is 1. The molecule has 0 atom stereocenters. The van der Waals surface area contributed by atoms with Gasteiger partial charge < -0.3 is 0 Å². The van der Waals surface area contributed by atoms with Crippen molar-refractivity contribution in [2.45, 2.75) is 46.0 Å². The highest BCUT2D eigenvalue weighted by molar-refractivity contribution is 5.97. The second kappa shape index (κ2) is 5.31. The Labute approximate surface area is 104 Å². The van der Waals surface area contributed by atoms with E-state index < -0.39 is 0 Å². The molecular weight excluding hydrogens is 208 g/mol. The highest BCUT2D eigenvalue weighted by atomic mass is 16.1. The molecule has 90 valence electrons. The molecule has 0 amide bonds. The maximum Gasteiger partial charge on any atom is 0.166 e. The van der Waals surface area contributed by atoms with E-state index in [0.29, 0.717) is 6.42 Å². The van der Waals surface area contributed by atoms with Crippen molar-refractivity contribution in [2.75, 3.05) is 0 Å². The fourth-order valence-electron chi connectivity index (χ4n) is 2.51. The standard InChI is InChI=1S/C16H20O/c1-12-8-13(2)10-15(9-12)16(17)11-14-6-4-3-5-7-14/h6,8-10H,3-5,7,11H2,1-2H3. The lowest BCUT2D eigenvalue weighted by Gasteiger charge is -2.12. The second-order valence-corrected chi connectivity index (χ2v) is 5.08. The van der Waals surface area contributed by atoms with Gasteiger partial charge in [-0.2, -0.15) is 0 Å². The molecule has 0 radical (unpaired) electrons. The van der Waals surface area contributed by atoms with E-state index in [-0.39, 0.29) is 5.78 Å². The van der Waals surface area contributed by atoms with Gasteiger partial charge in [0.25, 0.3) is 0 Å². The Morgan fingerprint density at radius 1 is 1.12 bits per heavy atom. The zero-order valence-corrected chi connectivity index (χ0v) is 10.8. The zero-order chi connectivity index (χ0) is 12.3. The number of allylic oxidation sites excluding steroid dienone is 2. The summed E-state index contributed by atoms with van der Waals surface area (Å²) in [7, 11) is 0. The van der Waals surface area contributed by atoms with Crippen molar-refractivity contribution >= 4 is 5.78 Å². The van der Waals surface area contributed by atoms with Crippen LogP contribution in [0, 0.1) is 13.8 Å². The molecule has 0 N–H and O–H groups in total. The van der Waals surface area contributed by atoms with Gasteiger partial charge in [0, 0.05) is 12.0 Å². The number of carbonyl (C=O) groups is 1. The Bertz CT molecular complexity index is 434. The summed E-state index contributed by atoms with van der Waals surface area (Å²) in [5.41, 5.74) is 4.55. The topological polar surface area (TPSA) is 17.1 Å². The largest absolute Gasteiger partial charge is 0.294 e. The molecule has 0 saturated heterocycles. The van der Waals surface area contributed by atoms with Crippen molar-refractivity contribution in [2.24, 2.45) is 0 Å². The Kier molecular flexibility index (Phi) is 3.78. The van der Waals surface area contributed by atoms with E-state index in [1.165, 1.54) is 29.5 Å². The van der Waals surface area contributed by atoms with Crippen LogP contribution >= 0.6 is 0 Å². The Hall–Kier alpha value is -1.37. The smallest absolute Gasteiger partial charge is 0.166 e. The maximum atomic E-state index is 12.2. The summed E-state index contributed by atoms with van der Waals surface area (Å²) in [5.74, 6) is 0.268. The summed E-state index contributed by atoms with van der Waals surface area (Å²) in [6, 6.07) is 6.11. The predicted octanol–water partition coefficient (Wildman–Crippen LogP) is 4.38. The van der Waals surface area contributed by atoms with Crippen LogP contribution in [0.1, 0.15) is 53.6 Å². The van der Waals surface area contributed by atoms with E-state index in [9.17, 15) is 4.79 Å². The van der Waals surface area contributed by atoms with Crippen molar-refractivity contribution in [3.05, 3.63) is 46.5 Å². The minimum Gasteiger partial charge on any atom is -0.294 e. The molecule has 1 nitrogen and oxygen atoms in total. The second-order valence-electron chi connectivity index (χ2n) is 5.08. The molecule has 1 aromatic rings. The number of benzene rings is 1. The van der Waals surface area contributed by atoms with Crippen LogP contribution in [0.4, 0.5) is 0 Å².